The molecule has 0 unspecified atom stereocenters. The van der Waals surface area contributed by atoms with Gasteiger partial charge in [-0.05, 0) is 55.1 Å². The van der Waals surface area contributed by atoms with Crippen LogP contribution in [0.3, 0.4) is 0 Å². The summed E-state index contributed by atoms with van der Waals surface area (Å²) in [5.74, 6) is 0.840. The van der Waals surface area contributed by atoms with Gasteiger partial charge in [-0.15, -0.1) is 11.3 Å². The number of nitrogens with one attached hydrogen (secondary N) is 1. The molecule has 0 aromatic carbocycles. The van der Waals surface area contributed by atoms with Gasteiger partial charge in [0.15, 0.2) is 0 Å². The number of thiophene rings is 1. The zero-order valence-corrected chi connectivity index (χ0v) is 16.0. The summed E-state index contributed by atoms with van der Waals surface area (Å²) in [5, 5.41) is 5.36. The second kappa shape index (κ2) is 7.14. The minimum atomic E-state index is -0.291. The van der Waals surface area contributed by atoms with E-state index in [1.54, 1.807) is 18.4 Å². The lowest BCUT2D eigenvalue weighted by molar-refractivity contribution is -0.124. The average molecular weight is 351 g/mol. The number of hydrogen-bond donors (Lipinski definition) is 1. The fourth-order valence-electron chi connectivity index (χ4n) is 4.08. The van der Waals surface area contributed by atoms with Crippen LogP contribution in [0.15, 0.2) is 17.5 Å². The quantitative estimate of drug-likeness (QED) is 0.822. The first-order valence-electron chi connectivity index (χ1n) is 9.03. The fraction of sp³-hybridized carbons (Fsp3) is 0.737. The number of carbonyl (C=O) groups is 1. The highest BCUT2D eigenvalue weighted by Crippen LogP contribution is 2.65. The predicted octanol–water partition coefficient (Wildman–Crippen LogP) is 2.89. The number of likely N-dealkylation sites (tertiary alicyclic amines) is 1. The number of carbonyl (C=O) groups excluding carboxylic acids is 1. The second-order valence-corrected chi connectivity index (χ2v) is 8.88. The lowest BCUT2D eigenvalue weighted by atomic mass is 9.92. The van der Waals surface area contributed by atoms with E-state index >= 15 is 0 Å². The molecule has 3 rings (SSSR count). The number of methoxy groups -OCH3 is 1. The van der Waals surface area contributed by atoms with Gasteiger partial charge >= 0.3 is 0 Å². The number of hydrogen-bond acceptors (Lipinski definition) is 4. The van der Waals surface area contributed by atoms with Crippen LogP contribution in [0, 0.1) is 11.3 Å². The summed E-state index contributed by atoms with van der Waals surface area (Å²) in [4.78, 5) is 16.6. The van der Waals surface area contributed by atoms with Crippen molar-refractivity contribution in [2.24, 2.45) is 11.3 Å². The summed E-state index contributed by atoms with van der Waals surface area (Å²) in [7, 11) is 1.76. The van der Waals surface area contributed by atoms with Gasteiger partial charge in [0.05, 0.1) is 12.0 Å². The van der Waals surface area contributed by atoms with Gasteiger partial charge in [-0.2, -0.15) is 0 Å². The maximum Gasteiger partial charge on any atom is 0.232 e. The van der Waals surface area contributed by atoms with Crippen molar-refractivity contribution in [1.29, 1.82) is 0 Å². The minimum Gasteiger partial charge on any atom is -0.383 e. The van der Waals surface area contributed by atoms with Crippen molar-refractivity contribution in [3.8, 4) is 0 Å². The van der Waals surface area contributed by atoms with Gasteiger partial charge in [0.1, 0.15) is 0 Å². The molecule has 2 fully saturated rings. The molecule has 1 aromatic rings. The first kappa shape index (κ1) is 17.9. The van der Waals surface area contributed by atoms with Crippen LogP contribution in [0.25, 0.3) is 0 Å². The van der Waals surface area contributed by atoms with E-state index in [0.29, 0.717) is 5.92 Å². The Labute approximate surface area is 149 Å². The van der Waals surface area contributed by atoms with E-state index < -0.39 is 0 Å². The first-order chi connectivity index (χ1) is 11.5. The Kier molecular flexibility index (Phi) is 5.33. The van der Waals surface area contributed by atoms with Crippen molar-refractivity contribution in [3.63, 3.8) is 0 Å². The van der Waals surface area contributed by atoms with Crippen molar-refractivity contribution in [1.82, 2.24) is 10.2 Å². The summed E-state index contributed by atoms with van der Waals surface area (Å²) in [6.07, 6.45) is 3.29. The number of rotatable bonds is 7. The van der Waals surface area contributed by atoms with Gasteiger partial charge in [0, 0.05) is 25.1 Å². The lowest BCUT2D eigenvalue weighted by Crippen LogP contribution is -2.43. The molecule has 5 heteroatoms. The minimum absolute atomic E-state index is 0.0749. The van der Waals surface area contributed by atoms with E-state index in [4.69, 9.17) is 4.74 Å². The zero-order valence-electron chi connectivity index (χ0n) is 15.1. The molecule has 24 heavy (non-hydrogen) atoms. The third-order valence-electron chi connectivity index (χ3n) is 5.94. The molecule has 1 saturated heterocycles. The molecule has 2 aliphatic rings. The van der Waals surface area contributed by atoms with Gasteiger partial charge in [-0.3, -0.25) is 4.79 Å². The monoisotopic (exact) mass is 350 g/mol. The van der Waals surface area contributed by atoms with Crippen LogP contribution in [0.1, 0.15) is 38.0 Å². The van der Waals surface area contributed by atoms with Gasteiger partial charge in [-0.1, -0.05) is 19.9 Å². The summed E-state index contributed by atoms with van der Waals surface area (Å²) >= 11 is 1.71. The molecule has 134 valence electrons. The molecular weight excluding hydrogens is 320 g/mol. The summed E-state index contributed by atoms with van der Waals surface area (Å²) in [6.45, 7) is 9.29. The highest BCUT2D eigenvalue weighted by atomic mass is 32.1. The summed E-state index contributed by atoms with van der Waals surface area (Å²) in [5.41, 5.74) is -0.216. The summed E-state index contributed by atoms with van der Waals surface area (Å²) < 4.78 is 5.15. The van der Waals surface area contributed by atoms with Gasteiger partial charge < -0.3 is 15.0 Å². The Morgan fingerprint density at radius 2 is 2.12 bits per heavy atom. The van der Waals surface area contributed by atoms with E-state index in [9.17, 15) is 4.79 Å². The SMILES string of the molecule is COCCN1CCC(CNC(=O)[C@@]2(c3cccs3)CC2(C)C)CC1. The van der Waals surface area contributed by atoms with Crippen molar-refractivity contribution in [2.45, 2.75) is 38.5 Å². The molecule has 0 bridgehead atoms. The van der Waals surface area contributed by atoms with Crippen LogP contribution in [0.5, 0.6) is 0 Å². The first-order valence-corrected chi connectivity index (χ1v) is 9.91. The van der Waals surface area contributed by atoms with Gasteiger partial charge in [-0.25, -0.2) is 0 Å². The Balaban J connectivity index is 1.50. The standard InChI is InChI=1S/C19H30N2O2S/c1-18(2)14-19(18,16-5-4-12-24-16)17(22)20-13-15-6-8-21(9-7-15)10-11-23-3/h4-5,12,15H,6-11,13-14H2,1-3H3,(H,20,22)/t19-/m0/s1. The molecule has 1 aliphatic carbocycles. The largest absolute Gasteiger partial charge is 0.383 e. The Bertz CT molecular complexity index is 550. The molecule has 1 N–H and O–H groups in total. The number of ether oxygens (including phenoxy) is 1. The Hall–Kier alpha value is -0.910. The average Bonchev–Trinajstić information content (AvgIpc) is 2.93. The molecular formula is C19H30N2O2S. The highest BCUT2D eigenvalue weighted by molar-refractivity contribution is 7.10. The third kappa shape index (κ3) is 3.39. The third-order valence-corrected chi connectivity index (χ3v) is 6.97. The number of amides is 1. The van der Waals surface area contributed by atoms with Crippen molar-refractivity contribution in [3.05, 3.63) is 22.4 Å². The Morgan fingerprint density at radius 1 is 1.42 bits per heavy atom. The molecule has 1 aromatic heterocycles. The van der Waals surface area contributed by atoms with Crippen LogP contribution in [0.2, 0.25) is 0 Å². The zero-order chi connectivity index (χ0) is 17.2. The van der Waals surface area contributed by atoms with Crippen molar-refractivity contribution >= 4 is 17.2 Å². The second-order valence-electron chi connectivity index (χ2n) is 7.93. The topological polar surface area (TPSA) is 41.6 Å². The van der Waals surface area contributed by atoms with E-state index in [1.807, 2.05) is 0 Å². The van der Waals surface area contributed by atoms with Gasteiger partial charge in [0.2, 0.25) is 5.91 Å². The van der Waals surface area contributed by atoms with Crippen LogP contribution in [0.4, 0.5) is 0 Å². The lowest BCUT2D eigenvalue weighted by Gasteiger charge is -2.32. The van der Waals surface area contributed by atoms with Crippen LogP contribution in [-0.4, -0.2) is 50.7 Å². The normalized spacial score (nSPS) is 27.1. The highest BCUT2D eigenvalue weighted by Gasteiger charge is 2.67. The molecule has 0 radical (unpaired) electrons. The van der Waals surface area contributed by atoms with Crippen LogP contribution in [-0.2, 0) is 14.9 Å². The molecule has 1 saturated carbocycles. The Morgan fingerprint density at radius 3 is 2.67 bits per heavy atom. The maximum absolute atomic E-state index is 13.0. The molecule has 1 atom stereocenters. The summed E-state index contributed by atoms with van der Waals surface area (Å²) in [6, 6.07) is 4.17. The molecule has 1 aliphatic heterocycles. The molecule has 1 amide bonds. The fourth-order valence-corrected chi connectivity index (χ4v) is 5.19. The smallest absolute Gasteiger partial charge is 0.232 e. The van der Waals surface area contributed by atoms with E-state index in [1.165, 1.54) is 17.7 Å². The van der Waals surface area contributed by atoms with Crippen molar-refractivity contribution in [2.75, 3.05) is 39.9 Å². The van der Waals surface area contributed by atoms with E-state index in [-0.39, 0.29) is 16.7 Å². The number of piperidine rings is 1. The maximum atomic E-state index is 13.0. The molecule has 4 nitrogen and oxygen atoms in total. The van der Waals surface area contributed by atoms with Crippen LogP contribution < -0.4 is 5.32 Å². The van der Waals surface area contributed by atoms with Gasteiger partial charge in [0.25, 0.3) is 0 Å². The number of nitrogens with zero attached hydrogens (tertiary/aromatic N) is 1. The van der Waals surface area contributed by atoms with E-state index in [0.717, 1.165) is 39.2 Å². The van der Waals surface area contributed by atoms with Crippen LogP contribution >= 0.6 is 11.3 Å². The molecule has 2 heterocycles. The van der Waals surface area contributed by atoms with E-state index in [2.05, 4.69) is 41.6 Å². The van der Waals surface area contributed by atoms with Crippen molar-refractivity contribution < 1.29 is 9.53 Å². The predicted molar refractivity (Wildman–Crippen MR) is 98.4 cm³/mol. The molecule has 0 spiro atoms.